The van der Waals surface area contributed by atoms with Crippen LogP contribution in [0, 0.1) is 0 Å². The lowest BCUT2D eigenvalue weighted by Gasteiger charge is -2.14. The van der Waals surface area contributed by atoms with E-state index in [0.717, 1.165) is 25.7 Å². The van der Waals surface area contributed by atoms with Gasteiger partial charge in [-0.1, -0.05) is 79.4 Å². The molecule has 7 nitrogen and oxygen atoms in total. The SMILES string of the molecule is COC(=O)CCC[C@@H](/C=C/C=C\C/C=C\CCCCCCCCN=[N+]=[N-])OC(=O)c1ccccc1. The fourth-order valence-electron chi connectivity index (χ4n) is 3.36. The summed E-state index contributed by atoms with van der Waals surface area (Å²) in [6, 6.07) is 8.88. The van der Waals surface area contributed by atoms with Gasteiger partial charge in [0.2, 0.25) is 0 Å². The minimum Gasteiger partial charge on any atom is -0.469 e. The molecule has 0 aliphatic heterocycles. The lowest BCUT2D eigenvalue weighted by atomic mass is 10.1. The number of methoxy groups -OCH3 is 1. The van der Waals surface area contributed by atoms with Crippen LogP contribution < -0.4 is 0 Å². The molecule has 1 rings (SSSR count). The highest BCUT2D eigenvalue weighted by Crippen LogP contribution is 2.12. The van der Waals surface area contributed by atoms with E-state index in [1.165, 1.54) is 32.8 Å². The Hall–Kier alpha value is -3.31. The second kappa shape index (κ2) is 21.2. The number of allylic oxidation sites excluding steroid dienone is 5. The number of unbranched alkanes of at least 4 members (excludes halogenated alkanes) is 6. The van der Waals surface area contributed by atoms with Gasteiger partial charge in [0, 0.05) is 17.9 Å². The van der Waals surface area contributed by atoms with E-state index in [-0.39, 0.29) is 11.9 Å². The molecule has 0 aromatic heterocycles. The number of rotatable bonds is 19. The molecule has 0 aliphatic carbocycles. The fraction of sp³-hybridized carbons (Fsp3) is 0.500. The lowest BCUT2D eigenvalue weighted by molar-refractivity contribution is -0.140. The highest BCUT2D eigenvalue weighted by atomic mass is 16.5. The van der Waals surface area contributed by atoms with E-state index in [2.05, 4.69) is 33.0 Å². The van der Waals surface area contributed by atoms with Crippen LogP contribution >= 0.6 is 0 Å². The second-order valence-electron chi connectivity index (χ2n) is 8.16. The zero-order valence-electron chi connectivity index (χ0n) is 20.9. The molecule has 0 saturated carbocycles. The molecule has 0 saturated heterocycles. The maximum atomic E-state index is 12.4. The zero-order valence-corrected chi connectivity index (χ0v) is 20.9. The molecule has 0 bridgehead atoms. The van der Waals surface area contributed by atoms with Gasteiger partial charge in [-0.15, -0.1) is 0 Å². The summed E-state index contributed by atoms with van der Waals surface area (Å²) >= 11 is 0. The first-order valence-electron chi connectivity index (χ1n) is 12.5. The first-order chi connectivity index (χ1) is 17.2. The highest BCUT2D eigenvalue weighted by molar-refractivity contribution is 5.89. The first kappa shape index (κ1) is 29.7. The number of nitrogens with zero attached hydrogens (tertiary/aromatic N) is 3. The Morgan fingerprint density at radius 2 is 1.71 bits per heavy atom. The van der Waals surface area contributed by atoms with Crippen LogP contribution in [0.15, 0.2) is 71.9 Å². The van der Waals surface area contributed by atoms with E-state index in [1.54, 1.807) is 24.3 Å². The highest BCUT2D eigenvalue weighted by Gasteiger charge is 2.14. The van der Waals surface area contributed by atoms with Gasteiger partial charge in [-0.3, -0.25) is 4.79 Å². The summed E-state index contributed by atoms with van der Waals surface area (Å²) < 4.78 is 10.3. The van der Waals surface area contributed by atoms with E-state index in [4.69, 9.17) is 10.3 Å². The third-order valence-corrected chi connectivity index (χ3v) is 5.32. The van der Waals surface area contributed by atoms with E-state index in [0.29, 0.717) is 31.4 Å². The van der Waals surface area contributed by atoms with Crippen LogP contribution in [0.25, 0.3) is 10.4 Å². The van der Waals surface area contributed by atoms with Gasteiger partial charge in [0.05, 0.1) is 12.7 Å². The van der Waals surface area contributed by atoms with Crippen molar-refractivity contribution in [1.29, 1.82) is 0 Å². The molecule has 0 aliphatic rings. The molecule has 0 N–H and O–H groups in total. The van der Waals surface area contributed by atoms with Crippen molar-refractivity contribution in [2.24, 2.45) is 5.11 Å². The molecule has 190 valence electrons. The van der Waals surface area contributed by atoms with Crippen LogP contribution in [0.5, 0.6) is 0 Å². The number of benzene rings is 1. The van der Waals surface area contributed by atoms with Crippen molar-refractivity contribution < 1.29 is 19.1 Å². The van der Waals surface area contributed by atoms with Gasteiger partial charge in [-0.2, -0.15) is 0 Å². The molecule has 0 radical (unpaired) electrons. The average molecular weight is 482 g/mol. The predicted molar refractivity (Wildman–Crippen MR) is 140 cm³/mol. The third-order valence-electron chi connectivity index (χ3n) is 5.32. The van der Waals surface area contributed by atoms with Crippen LogP contribution in [-0.4, -0.2) is 31.7 Å². The quantitative estimate of drug-likeness (QED) is 0.0385. The summed E-state index contributed by atoms with van der Waals surface area (Å²) in [7, 11) is 1.37. The van der Waals surface area contributed by atoms with Crippen molar-refractivity contribution >= 4 is 11.9 Å². The van der Waals surface area contributed by atoms with Gasteiger partial charge in [0.1, 0.15) is 6.10 Å². The number of ether oxygens (including phenoxy) is 2. The Balaban J connectivity index is 2.30. The number of hydrogen-bond donors (Lipinski definition) is 0. The third kappa shape index (κ3) is 16.9. The Bertz CT molecular complexity index is 843. The predicted octanol–water partition coefficient (Wildman–Crippen LogP) is 7.66. The summed E-state index contributed by atoms with van der Waals surface area (Å²) in [5.41, 5.74) is 8.73. The van der Waals surface area contributed by atoms with Crippen LogP contribution in [0.1, 0.15) is 81.0 Å². The first-order valence-corrected chi connectivity index (χ1v) is 12.5. The number of carbonyl (C=O) groups excluding carboxylic acids is 2. The van der Waals surface area contributed by atoms with Crippen LogP contribution in [0.3, 0.4) is 0 Å². The van der Waals surface area contributed by atoms with Gasteiger partial charge < -0.3 is 9.47 Å². The standard InChI is InChI=1S/C28H39N3O4/c1-34-27(32)23-18-22-26(35-28(33)25-19-14-13-15-20-25)21-16-11-9-7-5-3-2-4-6-8-10-12-17-24-30-31-29/h3,5,9,11,13-16,19-21,26H,2,4,6-8,10,12,17-18,22-24H2,1H3/b5-3-,11-9-,21-16+/t26-/m1/s1. The van der Waals surface area contributed by atoms with Gasteiger partial charge in [-0.05, 0) is 62.3 Å². The van der Waals surface area contributed by atoms with E-state index < -0.39 is 6.10 Å². The fourth-order valence-corrected chi connectivity index (χ4v) is 3.36. The Kier molecular flexibility index (Phi) is 18.0. The number of carbonyl (C=O) groups is 2. The van der Waals surface area contributed by atoms with Crippen molar-refractivity contribution in [2.45, 2.75) is 76.7 Å². The number of azide groups is 1. The van der Waals surface area contributed by atoms with Crippen molar-refractivity contribution in [3.63, 3.8) is 0 Å². The maximum absolute atomic E-state index is 12.4. The molecule has 0 unspecified atom stereocenters. The molecule has 0 heterocycles. The molecular formula is C28H39N3O4. The van der Waals surface area contributed by atoms with Crippen LogP contribution in [0.2, 0.25) is 0 Å². The minimum atomic E-state index is -0.411. The minimum absolute atomic E-state index is 0.268. The lowest BCUT2D eigenvalue weighted by Crippen LogP contribution is -2.17. The second-order valence-corrected chi connectivity index (χ2v) is 8.16. The van der Waals surface area contributed by atoms with Gasteiger partial charge in [0.25, 0.3) is 0 Å². The molecule has 0 amide bonds. The molecule has 1 atom stereocenters. The van der Waals surface area contributed by atoms with Crippen LogP contribution in [0.4, 0.5) is 0 Å². The maximum Gasteiger partial charge on any atom is 0.338 e. The normalized spacial score (nSPS) is 12.1. The Morgan fingerprint density at radius 1 is 0.971 bits per heavy atom. The summed E-state index contributed by atoms with van der Waals surface area (Å²) in [6.45, 7) is 0.608. The van der Waals surface area contributed by atoms with Gasteiger partial charge in [-0.25, -0.2) is 4.79 Å². The molecule has 1 aromatic carbocycles. The van der Waals surface area contributed by atoms with Crippen molar-refractivity contribution in [1.82, 2.24) is 0 Å². The van der Waals surface area contributed by atoms with Crippen molar-refractivity contribution in [3.05, 3.63) is 82.8 Å². The monoisotopic (exact) mass is 481 g/mol. The molecule has 7 heteroatoms. The number of hydrogen-bond acceptors (Lipinski definition) is 5. The number of esters is 2. The van der Waals surface area contributed by atoms with Gasteiger partial charge in [0.15, 0.2) is 0 Å². The summed E-state index contributed by atoms with van der Waals surface area (Å²) in [6.07, 6.45) is 22.0. The Labute approximate surface area is 209 Å². The Morgan fingerprint density at radius 3 is 2.46 bits per heavy atom. The summed E-state index contributed by atoms with van der Waals surface area (Å²) in [5.74, 6) is -0.644. The average Bonchev–Trinajstić information content (AvgIpc) is 2.88. The van der Waals surface area contributed by atoms with E-state index in [1.807, 2.05) is 24.3 Å². The smallest absolute Gasteiger partial charge is 0.338 e. The summed E-state index contributed by atoms with van der Waals surface area (Å²) in [5, 5.41) is 3.54. The molecule has 0 fully saturated rings. The van der Waals surface area contributed by atoms with E-state index in [9.17, 15) is 9.59 Å². The zero-order chi connectivity index (χ0) is 25.4. The topological polar surface area (TPSA) is 101 Å². The van der Waals surface area contributed by atoms with Crippen LogP contribution in [-0.2, 0) is 14.3 Å². The van der Waals surface area contributed by atoms with Crippen molar-refractivity contribution in [3.8, 4) is 0 Å². The van der Waals surface area contributed by atoms with Gasteiger partial charge >= 0.3 is 11.9 Å². The van der Waals surface area contributed by atoms with E-state index >= 15 is 0 Å². The molecule has 35 heavy (non-hydrogen) atoms. The summed E-state index contributed by atoms with van der Waals surface area (Å²) in [4.78, 5) is 26.5. The molecule has 0 spiro atoms. The molecule has 1 aromatic rings. The van der Waals surface area contributed by atoms with Crippen molar-refractivity contribution in [2.75, 3.05) is 13.7 Å². The largest absolute Gasteiger partial charge is 0.469 e. The molecular weight excluding hydrogens is 442 g/mol.